The van der Waals surface area contributed by atoms with Crippen molar-refractivity contribution in [3.63, 3.8) is 0 Å². The topological polar surface area (TPSA) is 76.1 Å². The van der Waals surface area contributed by atoms with E-state index in [1.165, 1.54) is 5.56 Å². The van der Waals surface area contributed by atoms with Crippen LogP contribution in [-0.2, 0) is 0 Å². The average molecular weight is 425 g/mol. The minimum atomic E-state index is -0.221. The molecule has 32 heavy (non-hydrogen) atoms. The van der Waals surface area contributed by atoms with Crippen molar-refractivity contribution in [2.45, 2.75) is 13.8 Å². The van der Waals surface area contributed by atoms with Gasteiger partial charge in [-0.3, -0.25) is 4.79 Å². The van der Waals surface area contributed by atoms with Gasteiger partial charge in [-0.25, -0.2) is 0 Å². The van der Waals surface area contributed by atoms with Crippen LogP contribution in [0.1, 0.15) is 22.8 Å². The first-order valence-corrected chi connectivity index (χ1v) is 10.4. The zero-order valence-corrected chi connectivity index (χ0v) is 18.0. The second-order valence-corrected chi connectivity index (χ2v) is 7.26. The van der Waals surface area contributed by atoms with Crippen LogP contribution < -0.4 is 15.4 Å². The van der Waals surface area contributed by atoms with Gasteiger partial charge in [0.15, 0.2) is 5.82 Å². The quantitative estimate of drug-likeness (QED) is 0.389. The highest BCUT2D eigenvalue weighted by atomic mass is 16.5. The zero-order valence-electron chi connectivity index (χ0n) is 18.0. The van der Waals surface area contributed by atoms with Gasteiger partial charge in [0, 0.05) is 16.8 Å². The number of nitrogens with one attached hydrogen (secondary N) is 2. The summed E-state index contributed by atoms with van der Waals surface area (Å²) >= 11 is 0. The Bertz CT molecular complexity index is 1220. The molecule has 6 heteroatoms. The number of hydrogen-bond donors (Lipinski definition) is 2. The van der Waals surface area contributed by atoms with Crippen LogP contribution in [0.4, 0.5) is 17.2 Å². The van der Waals surface area contributed by atoms with E-state index in [4.69, 9.17) is 4.74 Å². The van der Waals surface area contributed by atoms with Crippen LogP contribution in [0, 0.1) is 6.92 Å². The monoisotopic (exact) mass is 424 g/mol. The van der Waals surface area contributed by atoms with Gasteiger partial charge in [-0.2, -0.15) is 0 Å². The normalized spacial score (nSPS) is 10.4. The molecule has 0 aliphatic heterocycles. The van der Waals surface area contributed by atoms with Crippen LogP contribution in [0.3, 0.4) is 0 Å². The maximum absolute atomic E-state index is 12.8. The van der Waals surface area contributed by atoms with Crippen LogP contribution in [-0.4, -0.2) is 22.7 Å². The van der Waals surface area contributed by atoms with Gasteiger partial charge in [0.05, 0.1) is 18.0 Å². The molecule has 0 aliphatic carbocycles. The van der Waals surface area contributed by atoms with Crippen LogP contribution in [0.25, 0.3) is 11.3 Å². The molecule has 4 aromatic rings. The van der Waals surface area contributed by atoms with E-state index in [-0.39, 0.29) is 5.91 Å². The van der Waals surface area contributed by atoms with Crippen molar-refractivity contribution >= 4 is 23.1 Å². The maximum Gasteiger partial charge on any atom is 0.255 e. The molecule has 0 bridgehead atoms. The fourth-order valence-electron chi connectivity index (χ4n) is 3.29. The molecule has 4 rings (SSSR count). The third kappa shape index (κ3) is 5.10. The highest BCUT2D eigenvalue weighted by Gasteiger charge is 2.11. The molecule has 1 heterocycles. The number of amides is 1. The van der Waals surface area contributed by atoms with Gasteiger partial charge in [0.2, 0.25) is 0 Å². The first-order valence-electron chi connectivity index (χ1n) is 10.4. The van der Waals surface area contributed by atoms with Gasteiger partial charge in [0.1, 0.15) is 5.75 Å². The lowest BCUT2D eigenvalue weighted by atomic mass is 10.1. The summed E-state index contributed by atoms with van der Waals surface area (Å²) in [5.41, 5.74) is 4.90. The average Bonchev–Trinajstić information content (AvgIpc) is 2.81. The predicted octanol–water partition coefficient (Wildman–Crippen LogP) is 5.85. The largest absolute Gasteiger partial charge is 0.492 e. The van der Waals surface area contributed by atoms with Gasteiger partial charge in [0.25, 0.3) is 5.91 Å². The SMILES string of the molecule is CCOc1ccccc1NC(=O)c1cccc(Nc2ccc(-c3cccc(C)c3)nn2)c1. The molecule has 0 atom stereocenters. The standard InChI is InChI=1S/C26H24N4O2/c1-3-32-24-13-5-4-12-23(24)28-26(31)20-10-7-11-21(17-20)27-25-15-14-22(29-30-25)19-9-6-8-18(2)16-19/h4-17H,3H2,1-2H3,(H,27,30)(H,28,31). The van der Waals surface area contributed by atoms with Gasteiger partial charge >= 0.3 is 0 Å². The summed E-state index contributed by atoms with van der Waals surface area (Å²) in [6, 6.07) is 26.5. The molecule has 2 N–H and O–H groups in total. The van der Waals surface area contributed by atoms with E-state index in [2.05, 4.69) is 26.9 Å². The molecule has 0 aliphatic rings. The Morgan fingerprint density at radius 1 is 0.906 bits per heavy atom. The van der Waals surface area contributed by atoms with E-state index >= 15 is 0 Å². The fraction of sp³-hybridized carbons (Fsp3) is 0.115. The third-order valence-corrected chi connectivity index (χ3v) is 4.81. The van der Waals surface area contributed by atoms with Crippen molar-refractivity contribution in [3.05, 3.63) is 96.1 Å². The summed E-state index contributed by atoms with van der Waals surface area (Å²) in [7, 11) is 0. The molecular weight excluding hydrogens is 400 g/mol. The number of aryl methyl sites for hydroxylation is 1. The van der Waals surface area contributed by atoms with Crippen molar-refractivity contribution in [1.29, 1.82) is 0 Å². The molecule has 6 nitrogen and oxygen atoms in total. The van der Waals surface area contributed by atoms with Gasteiger partial charge in [-0.05, 0) is 62.4 Å². The summed E-state index contributed by atoms with van der Waals surface area (Å²) in [6.45, 7) is 4.48. The number of hydrogen-bond acceptors (Lipinski definition) is 5. The Balaban J connectivity index is 1.47. The van der Waals surface area contributed by atoms with Gasteiger partial charge < -0.3 is 15.4 Å². The number of carbonyl (C=O) groups excluding carboxylic acids is 1. The molecule has 0 spiro atoms. The Hall–Kier alpha value is -4.19. The molecule has 0 saturated carbocycles. The minimum absolute atomic E-state index is 0.221. The smallest absolute Gasteiger partial charge is 0.255 e. The Labute approximate surface area is 187 Å². The number of aromatic nitrogens is 2. The minimum Gasteiger partial charge on any atom is -0.492 e. The number of para-hydroxylation sites is 2. The van der Waals surface area contributed by atoms with E-state index < -0.39 is 0 Å². The van der Waals surface area contributed by atoms with E-state index in [1.807, 2.05) is 80.6 Å². The lowest BCUT2D eigenvalue weighted by molar-refractivity contribution is 0.102. The second kappa shape index (κ2) is 9.75. The van der Waals surface area contributed by atoms with Crippen LogP contribution in [0.5, 0.6) is 5.75 Å². The molecule has 0 saturated heterocycles. The number of benzene rings is 3. The highest BCUT2D eigenvalue weighted by Crippen LogP contribution is 2.25. The second-order valence-electron chi connectivity index (χ2n) is 7.26. The lowest BCUT2D eigenvalue weighted by Gasteiger charge is -2.12. The molecule has 160 valence electrons. The number of carbonyl (C=O) groups is 1. The predicted molar refractivity (Wildman–Crippen MR) is 127 cm³/mol. The zero-order chi connectivity index (χ0) is 22.3. The Kier molecular flexibility index (Phi) is 6.41. The summed E-state index contributed by atoms with van der Waals surface area (Å²) in [6.07, 6.45) is 0. The first kappa shape index (κ1) is 21.1. The van der Waals surface area contributed by atoms with E-state index in [0.717, 1.165) is 16.9 Å². The van der Waals surface area contributed by atoms with Crippen LogP contribution in [0.15, 0.2) is 84.9 Å². The van der Waals surface area contributed by atoms with E-state index in [0.29, 0.717) is 29.4 Å². The maximum atomic E-state index is 12.8. The fourth-order valence-corrected chi connectivity index (χ4v) is 3.29. The van der Waals surface area contributed by atoms with E-state index in [9.17, 15) is 4.79 Å². The number of nitrogens with zero attached hydrogens (tertiary/aromatic N) is 2. The van der Waals surface area contributed by atoms with E-state index in [1.54, 1.807) is 12.1 Å². The van der Waals surface area contributed by atoms with Crippen molar-refractivity contribution in [2.24, 2.45) is 0 Å². The summed E-state index contributed by atoms with van der Waals surface area (Å²) in [5.74, 6) is 1.02. The highest BCUT2D eigenvalue weighted by molar-refractivity contribution is 6.05. The molecule has 1 amide bonds. The van der Waals surface area contributed by atoms with Crippen molar-refractivity contribution in [3.8, 4) is 17.0 Å². The molecule has 0 fully saturated rings. The van der Waals surface area contributed by atoms with Crippen molar-refractivity contribution < 1.29 is 9.53 Å². The van der Waals surface area contributed by atoms with Gasteiger partial charge in [-0.15, -0.1) is 10.2 Å². The number of rotatable bonds is 7. The summed E-state index contributed by atoms with van der Waals surface area (Å²) in [4.78, 5) is 12.8. The number of anilines is 3. The van der Waals surface area contributed by atoms with Crippen LogP contribution in [0.2, 0.25) is 0 Å². The Morgan fingerprint density at radius 2 is 1.75 bits per heavy atom. The molecule has 1 aromatic heterocycles. The Morgan fingerprint density at radius 3 is 2.53 bits per heavy atom. The molecule has 0 radical (unpaired) electrons. The van der Waals surface area contributed by atoms with Gasteiger partial charge in [-0.1, -0.05) is 42.0 Å². The van der Waals surface area contributed by atoms with Crippen LogP contribution >= 0.6 is 0 Å². The lowest BCUT2D eigenvalue weighted by Crippen LogP contribution is -2.13. The first-order chi connectivity index (χ1) is 15.6. The molecule has 0 unspecified atom stereocenters. The van der Waals surface area contributed by atoms with Crippen molar-refractivity contribution in [2.75, 3.05) is 17.2 Å². The third-order valence-electron chi connectivity index (χ3n) is 4.81. The number of ether oxygens (including phenoxy) is 1. The summed E-state index contributed by atoms with van der Waals surface area (Å²) in [5, 5.41) is 14.7. The van der Waals surface area contributed by atoms with Crippen molar-refractivity contribution in [1.82, 2.24) is 10.2 Å². The molecule has 3 aromatic carbocycles. The molecular formula is C26H24N4O2. The summed E-state index contributed by atoms with van der Waals surface area (Å²) < 4.78 is 5.58.